The molecular formula is C87H170O17P2. The third-order valence-corrected chi connectivity index (χ3v) is 22.8. The summed E-state index contributed by atoms with van der Waals surface area (Å²) in [7, 11) is -9.92. The van der Waals surface area contributed by atoms with E-state index in [4.69, 9.17) is 37.0 Å². The molecule has 0 aromatic carbocycles. The van der Waals surface area contributed by atoms with Crippen LogP contribution in [0.3, 0.4) is 0 Å². The highest BCUT2D eigenvalue weighted by molar-refractivity contribution is 7.47. The second kappa shape index (κ2) is 79.7. The van der Waals surface area contributed by atoms with Crippen molar-refractivity contribution in [2.75, 3.05) is 39.6 Å². The molecule has 0 saturated carbocycles. The Kier molecular flexibility index (Phi) is 78.2. The largest absolute Gasteiger partial charge is 0.472 e. The van der Waals surface area contributed by atoms with Gasteiger partial charge in [0.25, 0.3) is 0 Å². The number of rotatable bonds is 87. The predicted molar refractivity (Wildman–Crippen MR) is 437 cm³/mol. The van der Waals surface area contributed by atoms with Crippen LogP contribution in [-0.4, -0.2) is 96.7 Å². The highest BCUT2D eigenvalue weighted by atomic mass is 31.2. The molecule has 106 heavy (non-hydrogen) atoms. The SMILES string of the molecule is CCCCCCCCCCCCCCCCCCCCCCC(=O)OC[C@H](COP(=O)(O)OC[C@@H](O)COP(=O)(O)OC[C@@H](COC(=O)CCCCCCCCCC)OC(=O)CCCCCCCCCCCCCCCCC(C)CC)OC(=O)CCCCCCCCCCCCCCCCCCCCCC. The molecule has 0 aliphatic heterocycles. The maximum atomic E-state index is 13.1. The topological polar surface area (TPSA) is 237 Å². The van der Waals surface area contributed by atoms with Crippen LogP contribution in [0.2, 0.25) is 0 Å². The van der Waals surface area contributed by atoms with E-state index in [-0.39, 0.29) is 25.7 Å². The predicted octanol–water partition coefficient (Wildman–Crippen LogP) is 26.8. The first-order valence-corrected chi connectivity index (χ1v) is 48.2. The summed E-state index contributed by atoms with van der Waals surface area (Å²) in [5.41, 5.74) is 0. The van der Waals surface area contributed by atoms with E-state index in [1.165, 1.54) is 289 Å². The number of phosphoric acid groups is 2. The first-order chi connectivity index (χ1) is 51.6. The Bertz CT molecular complexity index is 2020. The smallest absolute Gasteiger partial charge is 0.462 e. The van der Waals surface area contributed by atoms with Crippen molar-refractivity contribution in [1.29, 1.82) is 0 Å². The molecule has 0 heterocycles. The van der Waals surface area contributed by atoms with Crippen LogP contribution in [0.5, 0.6) is 0 Å². The van der Waals surface area contributed by atoms with Gasteiger partial charge in [-0.2, -0.15) is 0 Å². The number of aliphatic hydroxyl groups is 1. The summed E-state index contributed by atoms with van der Waals surface area (Å²) in [4.78, 5) is 73.2. The zero-order valence-corrected chi connectivity index (χ0v) is 71.4. The number of carbonyl (C=O) groups is 4. The zero-order valence-electron chi connectivity index (χ0n) is 69.6. The Morgan fingerprint density at radius 2 is 0.453 bits per heavy atom. The Labute approximate surface area is 651 Å². The number of unbranched alkanes of at least 4 members (excludes halogenated alkanes) is 58. The van der Waals surface area contributed by atoms with Crippen molar-refractivity contribution < 1.29 is 80.2 Å². The fraction of sp³-hybridized carbons (Fsp3) is 0.954. The quantitative estimate of drug-likeness (QED) is 0.0222. The number of hydrogen-bond donors (Lipinski definition) is 3. The van der Waals surface area contributed by atoms with E-state index in [0.29, 0.717) is 25.7 Å². The standard InChI is InChI=1S/C87H170O17P2/c1-6-10-13-16-19-22-24-26-28-30-32-34-36-38-43-47-51-56-61-66-71-85(90)98-77-83(104-87(92)72-67-62-57-52-48-44-39-37-35-33-31-29-27-25-23-20-17-14-11-7-2)79-102-106(95,96)100-75-81(88)74-99-105(93,94)101-78-82(76-97-84(89)70-65-60-55-21-18-15-12-8-3)103-86(91)73-68-63-58-53-49-45-41-40-42-46-50-54-59-64-69-80(5)9-4/h80-83,88H,6-79H2,1-5H3,(H,93,94)(H,95,96)/t80?,81-,82+,83+/m0/s1. The van der Waals surface area contributed by atoms with Crippen LogP contribution < -0.4 is 0 Å². The minimum atomic E-state index is -4.97. The van der Waals surface area contributed by atoms with Crippen LogP contribution in [0.15, 0.2) is 0 Å². The Morgan fingerprint density at radius 3 is 0.670 bits per heavy atom. The van der Waals surface area contributed by atoms with E-state index >= 15 is 0 Å². The van der Waals surface area contributed by atoms with E-state index in [0.717, 1.165) is 102 Å². The minimum absolute atomic E-state index is 0.108. The number of aliphatic hydroxyl groups excluding tert-OH is 1. The molecule has 19 heteroatoms. The molecule has 630 valence electrons. The number of esters is 4. The Balaban J connectivity index is 5.18. The molecule has 0 bridgehead atoms. The van der Waals surface area contributed by atoms with E-state index < -0.39 is 97.5 Å². The van der Waals surface area contributed by atoms with Gasteiger partial charge >= 0.3 is 39.5 Å². The second-order valence-corrected chi connectivity index (χ2v) is 34.4. The van der Waals surface area contributed by atoms with Gasteiger partial charge in [0.15, 0.2) is 12.2 Å². The average molecular weight is 1550 g/mol. The third kappa shape index (κ3) is 78.7. The van der Waals surface area contributed by atoms with Gasteiger partial charge in [-0.15, -0.1) is 0 Å². The van der Waals surface area contributed by atoms with Gasteiger partial charge in [0.1, 0.15) is 19.3 Å². The Hall–Kier alpha value is -1.94. The molecule has 0 spiro atoms. The summed E-state index contributed by atoms with van der Waals surface area (Å²) in [6, 6.07) is 0. The van der Waals surface area contributed by atoms with Gasteiger partial charge in [-0.25, -0.2) is 9.13 Å². The Morgan fingerprint density at radius 1 is 0.264 bits per heavy atom. The van der Waals surface area contributed by atoms with Crippen molar-refractivity contribution in [2.45, 2.75) is 490 Å². The van der Waals surface area contributed by atoms with Gasteiger partial charge in [-0.1, -0.05) is 420 Å². The van der Waals surface area contributed by atoms with Crippen LogP contribution in [0.1, 0.15) is 471 Å². The van der Waals surface area contributed by atoms with E-state index in [1.807, 2.05) is 0 Å². The van der Waals surface area contributed by atoms with Crippen LogP contribution in [0.4, 0.5) is 0 Å². The molecule has 0 saturated heterocycles. The van der Waals surface area contributed by atoms with Gasteiger partial charge in [-0.3, -0.25) is 37.3 Å². The first kappa shape index (κ1) is 104. The molecule has 0 radical (unpaired) electrons. The first-order valence-electron chi connectivity index (χ1n) is 45.2. The molecule has 0 fully saturated rings. The molecule has 0 aliphatic rings. The van der Waals surface area contributed by atoms with Gasteiger partial charge in [0.2, 0.25) is 0 Å². The molecule has 0 aliphatic carbocycles. The lowest BCUT2D eigenvalue weighted by atomic mass is 9.99. The molecule has 0 aromatic rings. The van der Waals surface area contributed by atoms with Crippen molar-refractivity contribution in [3.8, 4) is 0 Å². The third-order valence-electron chi connectivity index (χ3n) is 20.9. The van der Waals surface area contributed by atoms with Crippen LogP contribution in [-0.2, 0) is 65.4 Å². The summed E-state index contributed by atoms with van der Waals surface area (Å²) in [5, 5.41) is 10.7. The molecule has 3 N–H and O–H groups in total. The molecule has 17 nitrogen and oxygen atoms in total. The van der Waals surface area contributed by atoms with Crippen molar-refractivity contribution >= 4 is 39.5 Å². The second-order valence-electron chi connectivity index (χ2n) is 31.5. The zero-order chi connectivity index (χ0) is 77.6. The lowest BCUT2D eigenvalue weighted by Gasteiger charge is -2.21. The number of phosphoric ester groups is 2. The minimum Gasteiger partial charge on any atom is -0.462 e. The average Bonchev–Trinajstić information content (AvgIpc) is 0.901. The molecule has 0 aromatic heterocycles. The molecular weight excluding hydrogens is 1380 g/mol. The molecule has 6 atom stereocenters. The summed E-state index contributed by atoms with van der Waals surface area (Å²) in [6.07, 6.45) is 73.7. The monoisotopic (exact) mass is 1550 g/mol. The van der Waals surface area contributed by atoms with Crippen molar-refractivity contribution in [3.05, 3.63) is 0 Å². The summed E-state index contributed by atoms with van der Waals surface area (Å²) in [6.45, 7) is 7.39. The van der Waals surface area contributed by atoms with E-state index in [2.05, 4.69) is 34.6 Å². The van der Waals surface area contributed by atoms with Gasteiger partial charge in [0, 0.05) is 25.7 Å². The summed E-state index contributed by atoms with van der Waals surface area (Å²) < 4.78 is 68.9. The number of hydrogen-bond acceptors (Lipinski definition) is 15. The van der Waals surface area contributed by atoms with Crippen molar-refractivity contribution in [3.63, 3.8) is 0 Å². The fourth-order valence-corrected chi connectivity index (χ4v) is 15.2. The van der Waals surface area contributed by atoms with Crippen LogP contribution in [0.25, 0.3) is 0 Å². The maximum absolute atomic E-state index is 13.1. The summed E-state index contributed by atoms with van der Waals surface area (Å²) in [5.74, 6) is -1.26. The molecule has 0 amide bonds. The summed E-state index contributed by atoms with van der Waals surface area (Å²) >= 11 is 0. The lowest BCUT2D eigenvalue weighted by molar-refractivity contribution is -0.161. The van der Waals surface area contributed by atoms with E-state index in [1.54, 1.807) is 0 Å². The van der Waals surface area contributed by atoms with Gasteiger partial charge in [0.05, 0.1) is 26.4 Å². The molecule has 3 unspecified atom stereocenters. The van der Waals surface area contributed by atoms with Gasteiger partial charge in [-0.05, 0) is 31.6 Å². The van der Waals surface area contributed by atoms with Crippen molar-refractivity contribution in [1.82, 2.24) is 0 Å². The van der Waals surface area contributed by atoms with Crippen LogP contribution >= 0.6 is 15.6 Å². The normalized spacial score (nSPS) is 14.0. The van der Waals surface area contributed by atoms with Crippen molar-refractivity contribution in [2.24, 2.45) is 5.92 Å². The fourth-order valence-electron chi connectivity index (χ4n) is 13.6. The highest BCUT2D eigenvalue weighted by Gasteiger charge is 2.30. The lowest BCUT2D eigenvalue weighted by Crippen LogP contribution is -2.30. The highest BCUT2D eigenvalue weighted by Crippen LogP contribution is 2.45. The number of carbonyl (C=O) groups excluding carboxylic acids is 4. The van der Waals surface area contributed by atoms with Gasteiger partial charge < -0.3 is 33.8 Å². The maximum Gasteiger partial charge on any atom is 0.472 e. The molecule has 0 rings (SSSR count). The van der Waals surface area contributed by atoms with Crippen LogP contribution in [0, 0.1) is 5.92 Å². The van der Waals surface area contributed by atoms with E-state index in [9.17, 15) is 43.2 Å². The number of ether oxygens (including phenoxy) is 4.